The van der Waals surface area contributed by atoms with Crippen LogP contribution in [-0.4, -0.2) is 6.61 Å². The van der Waals surface area contributed by atoms with Crippen molar-refractivity contribution in [3.05, 3.63) is 29.6 Å². The second-order valence-corrected chi connectivity index (χ2v) is 9.81. The SMILES string of the molecule is CCCCCC1CCC(C2CCC(CCCOc3ccc(C#N)cc3F)CC2)CC1. The second-order valence-electron chi connectivity index (χ2n) is 9.81. The highest BCUT2D eigenvalue weighted by Gasteiger charge is 2.30. The topological polar surface area (TPSA) is 33.0 Å². The Morgan fingerprint density at radius 2 is 1.50 bits per heavy atom. The molecule has 0 aromatic heterocycles. The Bertz CT molecular complexity index is 666. The molecule has 30 heavy (non-hydrogen) atoms. The fourth-order valence-electron chi connectivity index (χ4n) is 5.82. The van der Waals surface area contributed by atoms with Crippen LogP contribution >= 0.6 is 0 Å². The van der Waals surface area contributed by atoms with Gasteiger partial charge in [0.1, 0.15) is 0 Å². The third-order valence-electron chi connectivity index (χ3n) is 7.74. The summed E-state index contributed by atoms with van der Waals surface area (Å²) in [5, 5.41) is 8.81. The maximum Gasteiger partial charge on any atom is 0.166 e. The predicted molar refractivity (Wildman–Crippen MR) is 121 cm³/mol. The smallest absolute Gasteiger partial charge is 0.166 e. The summed E-state index contributed by atoms with van der Waals surface area (Å²) < 4.78 is 19.5. The number of ether oxygens (including phenoxy) is 1. The Hall–Kier alpha value is -1.56. The minimum atomic E-state index is -0.436. The number of hydrogen-bond donors (Lipinski definition) is 0. The van der Waals surface area contributed by atoms with Crippen LogP contribution in [0.15, 0.2) is 18.2 Å². The third kappa shape index (κ3) is 7.00. The molecule has 3 rings (SSSR count). The van der Waals surface area contributed by atoms with E-state index in [2.05, 4.69) is 6.92 Å². The van der Waals surface area contributed by atoms with E-state index in [4.69, 9.17) is 10.00 Å². The summed E-state index contributed by atoms with van der Waals surface area (Å²) in [6.07, 6.45) is 19.4. The van der Waals surface area contributed by atoms with Gasteiger partial charge in [0.15, 0.2) is 11.6 Å². The fourth-order valence-corrected chi connectivity index (χ4v) is 5.82. The first kappa shape index (κ1) is 23.1. The van der Waals surface area contributed by atoms with Crippen molar-refractivity contribution in [1.82, 2.24) is 0 Å². The van der Waals surface area contributed by atoms with Crippen molar-refractivity contribution in [2.45, 2.75) is 96.8 Å². The largest absolute Gasteiger partial charge is 0.491 e. The summed E-state index contributed by atoms with van der Waals surface area (Å²) in [5.41, 5.74) is 0.335. The maximum absolute atomic E-state index is 13.9. The molecule has 0 atom stereocenters. The minimum Gasteiger partial charge on any atom is -0.491 e. The van der Waals surface area contributed by atoms with Gasteiger partial charge in [-0.25, -0.2) is 4.39 Å². The lowest BCUT2D eigenvalue weighted by Crippen LogP contribution is -2.26. The molecular formula is C27H40FNO. The number of benzene rings is 1. The summed E-state index contributed by atoms with van der Waals surface area (Å²) >= 11 is 0. The van der Waals surface area contributed by atoms with Crippen LogP contribution in [0.25, 0.3) is 0 Å². The zero-order chi connectivity index (χ0) is 21.2. The van der Waals surface area contributed by atoms with Crippen molar-refractivity contribution in [1.29, 1.82) is 5.26 Å². The van der Waals surface area contributed by atoms with E-state index in [9.17, 15) is 4.39 Å². The monoisotopic (exact) mass is 413 g/mol. The highest BCUT2D eigenvalue weighted by atomic mass is 19.1. The quantitative estimate of drug-likeness (QED) is 0.363. The lowest BCUT2D eigenvalue weighted by molar-refractivity contribution is 0.137. The summed E-state index contributed by atoms with van der Waals surface area (Å²) in [4.78, 5) is 0. The first-order chi connectivity index (χ1) is 14.7. The zero-order valence-electron chi connectivity index (χ0n) is 18.9. The van der Waals surface area contributed by atoms with E-state index < -0.39 is 5.82 Å². The van der Waals surface area contributed by atoms with Crippen LogP contribution in [-0.2, 0) is 0 Å². The van der Waals surface area contributed by atoms with Crippen LogP contribution in [0.4, 0.5) is 4.39 Å². The van der Waals surface area contributed by atoms with Crippen LogP contribution in [0.2, 0.25) is 0 Å². The molecule has 2 saturated carbocycles. The Morgan fingerprint density at radius 3 is 2.03 bits per heavy atom. The van der Waals surface area contributed by atoms with E-state index in [0.717, 1.165) is 30.1 Å². The molecule has 0 aliphatic heterocycles. The molecule has 166 valence electrons. The number of halogens is 1. The molecule has 2 nitrogen and oxygen atoms in total. The van der Waals surface area contributed by atoms with Crippen molar-refractivity contribution >= 4 is 0 Å². The van der Waals surface area contributed by atoms with E-state index >= 15 is 0 Å². The van der Waals surface area contributed by atoms with Crippen molar-refractivity contribution in [2.75, 3.05) is 6.61 Å². The Kier molecular flexibility index (Phi) is 9.50. The Balaban J connectivity index is 1.28. The fraction of sp³-hybridized carbons (Fsp3) is 0.741. The number of unbranched alkanes of at least 4 members (excludes halogenated alkanes) is 2. The van der Waals surface area contributed by atoms with Gasteiger partial charge < -0.3 is 4.74 Å². The van der Waals surface area contributed by atoms with Gasteiger partial charge in [0.25, 0.3) is 0 Å². The van der Waals surface area contributed by atoms with Gasteiger partial charge in [-0.15, -0.1) is 0 Å². The molecule has 0 unspecified atom stereocenters. The van der Waals surface area contributed by atoms with Gasteiger partial charge in [-0.3, -0.25) is 0 Å². The summed E-state index contributed by atoms with van der Waals surface area (Å²) in [7, 11) is 0. The van der Waals surface area contributed by atoms with Crippen LogP contribution in [0.5, 0.6) is 5.75 Å². The molecular weight excluding hydrogens is 373 g/mol. The standard InChI is InChI=1S/C27H40FNO/c1-2-3-4-6-21-8-13-24(14-9-21)25-15-10-22(11-16-25)7-5-18-30-27-17-12-23(20-29)19-26(27)28/h12,17,19,21-22,24-25H,2-11,13-16,18H2,1H3. The van der Waals surface area contributed by atoms with Crippen molar-refractivity contribution < 1.29 is 9.13 Å². The molecule has 0 spiro atoms. The minimum absolute atomic E-state index is 0.267. The van der Waals surface area contributed by atoms with Gasteiger partial charge in [0, 0.05) is 0 Å². The van der Waals surface area contributed by atoms with Crippen LogP contribution in [0, 0.1) is 40.8 Å². The van der Waals surface area contributed by atoms with Crippen molar-refractivity contribution in [3.8, 4) is 11.8 Å². The van der Waals surface area contributed by atoms with E-state index in [0.29, 0.717) is 12.2 Å². The van der Waals surface area contributed by atoms with E-state index in [-0.39, 0.29) is 5.75 Å². The lowest BCUT2D eigenvalue weighted by atomic mass is 9.68. The van der Waals surface area contributed by atoms with Crippen molar-refractivity contribution in [3.63, 3.8) is 0 Å². The van der Waals surface area contributed by atoms with Gasteiger partial charge in [0.2, 0.25) is 0 Å². The lowest BCUT2D eigenvalue weighted by Gasteiger charge is -2.38. The highest BCUT2D eigenvalue weighted by Crippen LogP contribution is 2.43. The Morgan fingerprint density at radius 1 is 0.900 bits per heavy atom. The molecule has 0 heterocycles. The number of rotatable bonds is 10. The molecule has 0 saturated heterocycles. The van der Waals surface area contributed by atoms with Gasteiger partial charge >= 0.3 is 0 Å². The first-order valence-corrected chi connectivity index (χ1v) is 12.5. The average molecular weight is 414 g/mol. The highest BCUT2D eigenvalue weighted by molar-refractivity contribution is 5.35. The summed E-state index contributed by atoms with van der Waals surface area (Å²) in [6, 6.07) is 6.37. The second kappa shape index (κ2) is 12.3. The maximum atomic E-state index is 13.9. The molecule has 0 bridgehead atoms. The number of nitriles is 1. The van der Waals surface area contributed by atoms with Crippen LogP contribution in [0.1, 0.15) is 102 Å². The third-order valence-corrected chi connectivity index (χ3v) is 7.74. The zero-order valence-corrected chi connectivity index (χ0v) is 18.9. The van der Waals surface area contributed by atoms with E-state index in [1.54, 1.807) is 12.1 Å². The molecule has 0 N–H and O–H groups in total. The van der Waals surface area contributed by atoms with Gasteiger partial charge in [-0.1, -0.05) is 58.3 Å². The number of hydrogen-bond acceptors (Lipinski definition) is 2. The molecule has 1 aromatic carbocycles. The Labute approximate surface area is 183 Å². The van der Waals surface area contributed by atoms with Gasteiger partial charge in [-0.05, 0) is 80.4 Å². The molecule has 1 aromatic rings. The molecule has 2 fully saturated rings. The van der Waals surface area contributed by atoms with Gasteiger partial charge in [0.05, 0.1) is 18.2 Å². The van der Waals surface area contributed by atoms with E-state index in [1.807, 2.05) is 6.07 Å². The summed E-state index contributed by atoms with van der Waals surface area (Å²) in [5.74, 6) is 3.64. The molecule has 2 aliphatic rings. The van der Waals surface area contributed by atoms with E-state index in [1.165, 1.54) is 89.5 Å². The van der Waals surface area contributed by atoms with Crippen LogP contribution in [0.3, 0.4) is 0 Å². The number of nitrogens with zero attached hydrogens (tertiary/aromatic N) is 1. The molecule has 2 aliphatic carbocycles. The van der Waals surface area contributed by atoms with Gasteiger partial charge in [-0.2, -0.15) is 5.26 Å². The molecule has 3 heteroatoms. The molecule has 0 radical (unpaired) electrons. The first-order valence-electron chi connectivity index (χ1n) is 12.5. The predicted octanol–water partition coefficient (Wildman–Crippen LogP) is 8.05. The van der Waals surface area contributed by atoms with Crippen LogP contribution < -0.4 is 4.74 Å². The van der Waals surface area contributed by atoms with Crippen molar-refractivity contribution in [2.24, 2.45) is 23.7 Å². The normalized spacial score (nSPS) is 26.8. The summed E-state index contributed by atoms with van der Waals surface area (Å²) in [6.45, 7) is 2.86. The average Bonchev–Trinajstić information content (AvgIpc) is 2.78. The molecule has 0 amide bonds.